The second-order valence-electron chi connectivity index (χ2n) is 8.81. The zero-order valence-electron chi connectivity index (χ0n) is 21.2. The predicted octanol–water partition coefficient (Wildman–Crippen LogP) is 9.21. The Balaban J connectivity index is 1.34. The molecule has 0 N–H and O–H groups in total. The monoisotopic (exact) mass is 506 g/mol. The Kier molecular flexibility index (Phi) is 6.95. The highest BCUT2D eigenvalue weighted by molar-refractivity contribution is 5.76. The van der Waals surface area contributed by atoms with E-state index in [4.69, 9.17) is 4.74 Å². The molecule has 0 aliphatic heterocycles. The van der Waals surface area contributed by atoms with Crippen LogP contribution in [0.25, 0.3) is 0 Å². The van der Waals surface area contributed by atoms with Gasteiger partial charge >= 0.3 is 0 Å². The first-order valence-corrected chi connectivity index (χ1v) is 12.8. The van der Waals surface area contributed by atoms with Crippen molar-refractivity contribution in [1.29, 1.82) is 0 Å². The molecule has 0 amide bonds. The Labute approximate surface area is 228 Å². The van der Waals surface area contributed by atoms with Gasteiger partial charge in [0.1, 0.15) is 23.1 Å². The highest BCUT2D eigenvalue weighted by Gasteiger charge is 2.16. The third-order valence-corrected chi connectivity index (χ3v) is 6.17. The minimum absolute atomic E-state index is 0.727. The number of ether oxygens (including phenoxy) is 1. The first-order chi connectivity index (χ1) is 19.3. The maximum atomic E-state index is 6.41. The number of hydrogen-bond acceptors (Lipinski definition) is 5. The van der Waals surface area contributed by atoms with Crippen molar-refractivity contribution in [3.05, 3.63) is 158 Å². The van der Waals surface area contributed by atoms with E-state index in [-0.39, 0.29) is 0 Å². The summed E-state index contributed by atoms with van der Waals surface area (Å²) in [6.45, 7) is 0. The molecule has 0 spiro atoms. The van der Waals surface area contributed by atoms with Crippen LogP contribution in [0.4, 0.5) is 34.4 Å². The van der Waals surface area contributed by atoms with Crippen LogP contribution >= 0.6 is 0 Å². The molecule has 2 aromatic heterocycles. The van der Waals surface area contributed by atoms with Gasteiger partial charge in [0.15, 0.2) is 0 Å². The number of rotatable bonds is 8. The average molecular weight is 507 g/mol. The summed E-state index contributed by atoms with van der Waals surface area (Å²) < 4.78 is 6.41. The molecule has 0 saturated carbocycles. The first-order valence-electron chi connectivity index (χ1n) is 12.8. The molecule has 4 aromatic carbocycles. The molecule has 6 aromatic rings. The number of para-hydroxylation sites is 2. The van der Waals surface area contributed by atoms with Crippen LogP contribution in [0.2, 0.25) is 0 Å². The van der Waals surface area contributed by atoms with Crippen molar-refractivity contribution < 1.29 is 4.74 Å². The highest BCUT2D eigenvalue weighted by Crippen LogP contribution is 2.38. The standard InChI is InChI=1S/C34H26N4O/c1-3-13-27(14-4-1)37(33-21-7-9-23-35-33)29-17-11-19-31(25-29)39-32-20-12-18-30(26-32)38(28-15-5-2-6-16-28)34-22-8-10-24-36-34/h1-26H. The van der Waals surface area contributed by atoms with Crippen LogP contribution in [0.5, 0.6) is 11.5 Å². The van der Waals surface area contributed by atoms with Gasteiger partial charge in [0.25, 0.3) is 0 Å². The smallest absolute Gasteiger partial charge is 0.137 e. The largest absolute Gasteiger partial charge is 0.457 e. The van der Waals surface area contributed by atoms with Crippen LogP contribution in [0, 0.1) is 0 Å². The summed E-state index contributed by atoms with van der Waals surface area (Å²) in [5, 5.41) is 0. The van der Waals surface area contributed by atoms with Gasteiger partial charge in [0, 0.05) is 35.9 Å². The molecule has 0 atom stereocenters. The van der Waals surface area contributed by atoms with Crippen LogP contribution < -0.4 is 14.5 Å². The van der Waals surface area contributed by atoms with Gasteiger partial charge in [-0.1, -0.05) is 60.7 Å². The van der Waals surface area contributed by atoms with E-state index in [0.717, 1.165) is 45.9 Å². The minimum Gasteiger partial charge on any atom is -0.457 e. The van der Waals surface area contributed by atoms with E-state index in [0.29, 0.717) is 0 Å². The van der Waals surface area contributed by atoms with Gasteiger partial charge in [-0.05, 0) is 72.8 Å². The molecule has 0 aliphatic rings. The van der Waals surface area contributed by atoms with Gasteiger partial charge in [-0.15, -0.1) is 0 Å². The van der Waals surface area contributed by atoms with E-state index in [1.165, 1.54) is 0 Å². The van der Waals surface area contributed by atoms with E-state index in [1.807, 2.05) is 109 Å². The SMILES string of the molecule is c1ccc(N(c2cccc(Oc3cccc(N(c4ccccc4)c4ccccn4)c3)c2)c2ccccn2)cc1. The molecule has 0 saturated heterocycles. The highest BCUT2D eigenvalue weighted by atomic mass is 16.5. The Bertz CT molecular complexity index is 1420. The summed E-state index contributed by atoms with van der Waals surface area (Å²) in [6.07, 6.45) is 3.61. The number of pyridine rings is 2. The molecule has 2 heterocycles. The van der Waals surface area contributed by atoms with Crippen molar-refractivity contribution in [2.24, 2.45) is 0 Å². The van der Waals surface area contributed by atoms with Crippen LogP contribution in [0.1, 0.15) is 0 Å². The van der Waals surface area contributed by atoms with Crippen molar-refractivity contribution in [2.45, 2.75) is 0 Å². The quantitative estimate of drug-likeness (QED) is 0.206. The van der Waals surface area contributed by atoms with Gasteiger partial charge in [-0.25, -0.2) is 9.97 Å². The van der Waals surface area contributed by atoms with E-state index in [1.54, 1.807) is 12.4 Å². The molecule has 0 radical (unpaired) electrons. The van der Waals surface area contributed by atoms with Crippen molar-refractivity contribution in [3.8, 4) is 11.5 Å². The van der Waals surface area contributed by atoms with Crippen molar-refractivity contribution in [2.75, 3.05) is 9.80 Å². The van der Waals surface area contributed by atoms with Crippen molar-refractivity contribution in [1.82, 2.24) is 9.97 Å². The van der Waals surface area contributed by atoms with E-state index >= 15 is 0 Å². The second kappa shape index (κ2) is 11.3. The van der Waals surface area contributed by atoms with Crippen molar-refractivity contribution in [3.63, 3.8) is 0 Å². The van der Waals surface area contributed by atoms with Gasteiger partial charge in [0.05, 0.1) is 11.4 Å². The molecule has 6 rings (SSSR count). The summed E-state index contributed by atoms with van der Waals surface area (Å²) in [7, 11) is 0. The normalized spacial score (nSPS) is 10.6. The Morgan fingerprint density at radius 3 is 1.21 bits per heavy atom. The van der Waals surface area contributed by atoms with Crippen LogP contribution in [0.15, 0.2) is 158 Å². The summed E-state index contributed by atoms with van der Waals surface area (Å²) in [4.78, 5) is 13.4. The first kappa shape index (κ1) is 23.9. The third-order valence-electron chi connectivity index (χ3n) is 6.17. The average Bonchev–Trinajstić information content (AvgIpc) is 3.00. The molecular weight excluding hydrogens is 480 g/mol. The Morgan fingerprint density at radius 1 is 0.385 bits per heavy atom. The molecular formula is C34H26N4O. The lowest BCUT2D eigenvalue weighted by molar-refractivity contribution is 0.483. The van der Waals surface area contributed by atoms with Gasteiger partial charge in [-0.3, -0.25) is 9.80 Å². The lowest BCUT2D eigenvalue weighted by Crippen LogP contribution is -2.11. The molecule has 0 unspecified atom stereocenters. The summed E-state index contributed by atoms with van der Waals surface area (Å²) in [5.74, 6) is 3.12. The molecule has 0 bridgehead atoms. The molecule has 5 heteroatoms. The fourth-order valence-electron chi connectivity index (χ4n) is 4.46. The van der Waals surface area contributed by atoms with Gasteiger partial charge < -0.3 is 4.74 Å². The van der Waals surface area contributed by atoms with Crippen LogP contribution in [0.3, 0.4) is 0 Å². The summed E-state index contributed by atoms with van der Waals surface area (Å²) in [6, 6.07) is 48.3. The topological polar surface area (TPSA) is 41.5 Å². The fourth-order valence-corrected chi connectivity index (χ4v) is 4.46. The number of anilines is 6. The number of benzene rings is 4. The second-order valence-corrected chi connectivity index (χ2v) is 8.81. The third kappa shape index (κ3) is 5.48. The van der Waals surface area contributed by atoms with E-state index < -0.39 is 0 Å². The Hall–Kier alpha value is -5.42. The number of aromatic nitrogens is 2. The Morgan fingerprint density at radius 2 is 0.795 bits per heavy atom. The molecule has 39 heavy (non-hydrogen) atoms. The number of hydrogen-bond donors (Lipinski definition) is 0. The number of nitrogens with zero attached hydrogens (tertiary/aromatic N) is 4. The molecule has 188 valence electrons. The fraction of sp³-hybridized carbons (Fsp3) is 0. The van der Waals surface area contributed by atoms with E-state index in [9.17, 15) is 0 Å². The minimum atomic E-state index is 0.727. The van der Waals surface area contributed by atoms with Gasteiger partial charge in [-0.2, -0.15) is 0 Å². The maximum absolute atomic E-state index is 6.41. The maximum Gasteiger partial charge on any atom is 0.137 e. The van der Waals surface area contributed by atoms with Gasteiger partial charge in [0.2, 0.25) is 0 Å². The zero-order valence-corrected chi connectivity index (χ0v) is 21.2. The predicted molar refractivity (Wildman–Crippen MR) is 158 cm³/mol. The van der Waals surface area contributed by atoms with Crippen LogP contribution in [-0.4, -0.2) is 9.97 Å². The molecule has 0 fully saturated rings. The lowest BCUT2D eigenvalue weighted by Gasteiger charge is -2.25. The summed E-state index contributed by atoms with van der Waals surface area (Å²) >= 11 is 0. The zero-order chi connectivity index (χ0) is 26.3. The molecule has 5 nitrogen and oxygen atoms in total. The van der Waals surface area contributed by atoms with E-state index in [2.05, 4.69) is 56.2 Å². The lowest BCUT2D eigenvalue weighted by atomic mass is 10.2. The van der Waals surface area contributed by atoms with Crippen LogP contribution in [-0.2, 0) is 0 Å². The summed E-state index contributed by atoms with van der Waals surface area (Å²) in [5.41, 5.74) is 3.94. The molecule has 0 aliphatic carbocycles. The van der Waals surface area contributed by atoms with Crippen molar-refractivity contribution >= 4 is 34.4 Å².